The molecule has 0 saturated carbocycles. The molecule has 2 atom stereocenters. The third-order valence-corrected chi connectivity index (χ3v) is 3.54. The zero-order valence-corrected chi connectivity index (χ0v) is 11.6. The zero-order chi connectivity index (χ0) is 13.0. The second kappa shape index (κ2) is 6.06. The number of nitrogens with one attached hydrogen (secondary N) is 1. The molecule has 0 bridgehead atoms. The molecule has 1 aromatic rings. The molecule has 0 saturated heterocycles. The van der Waals surface area contributed by atoms with Crippen LogP contribution in [0.2, 0.25) is 0 Å². The lowest BCUT2D eigenvalue weighted by Crippen LogP contribution is -2.26. The molecule has 0 spiro atoms. The number of hydrogen-bond acceptors (Lipinski definition) is 2. The molecule has 17 heavy (non-hydrogen) atoms. The topological polar surface area (TPSA) is 32.3 Å². The Morgan fingerprint density at radius 2 is 1.82 bits per heavy atom. The molecule has 0 amide bonds. The van der Waals surface area contributed by atoms with Gasteiger partial charge in [0.2, 0.25) is 0 Å². The third-order valence-electron chi connectivity index (χ3n) is 3.54. The Labute approximate surface area is 105 Å². The van der Waals surface area contributed by atoms with Crippen LogP contribution in [0.5, 0.6) is 5.75 Å². The number of rotatable bonds is 5. The van der Waals surface area contributed by atoms with Crippen molar-refractivity contribution in [1.29, 1.82) is 0 Å². The Hall–Kier alpha value is -1.02. The first kappa shape index (κ1) is 14.0. The Bertz CT molecular complexity index is 360. The number of phenols is 1. The Morgan fingerprint density at radius 1 is 1.18 bits per heavy atom. The van der Waals surface area contributed by atoms with Crippen LogP contribution in [0.3, 0.4) is 0 Å². The van der Waals surface area contributed by atoms with E-state index in [9.17, 15) is 5.11 Å². The molecule has 2 heteroatoms. The van der Waals surface area contributed by atoms with E-state index in [0.29, 0.717) is 17.6 Å². The van der Waals surface area contributed by atoms with Gasteiger partial charge in [-0.3, -0.25) is 0 Å². The summed E-state index contributed by atoms with van der Waals surface area (Å²) in [7, 11) is 0. The fraction of sp³-hybridized carbons (Fsp3) is 0.600. The fourth-order valence-electron chi connectivity index (χ4n) is 1.73. The standard InChI is InChI=1S/C15H25NO/c1-10(2)12(4)9-16-13(5)14-7-6-11(3)8-15(14)17/h6-8,10,12-13,16-17H,9H2,1-5H3. The molecule has 0 aliphatic rings. The van der Waals surface area contributed by atoms with Gasteiger partial charge in [0.15, 0.2) is 0 Å². The maximum Gasteiger partial charge on any atom is 0.120 e. The average molecular weight is 235 g/mol. The molecule has 0 aliphatic heterocycles. The van der Waals surface area contributed by atoms with Crippen molar-refractivity contribution in [2.75, 3.05) is 6.54 Å². The molecular weight excluding hydrogens is 210 g/mol. The van der Waals surface area contributed by atoms with E-state index >= 15 is 0 Å². The quantitative estimate of drug-likeness (QED) is 0.816. The predicted molar refractivity (Wildman–Crippen MR) is 73.3 cm³/mol. The minimum absolute atomic E-state index is 0.191. The van der Waals surface area contributed by atoms with Gasteiger partial charge >= 0.3 is 0 Å². The molecule has 0 heterocycles. The molecule has 2 unspecified atom stereocenters. The minimum Gasteiger partial charge on any atom is -0.508 e. The van der Waals surface area contributed by atoms with E-state index in [1.807, 2.05) is 25.1 Å². The lowest BCUT2D eigenvalue weighted by atomic mass is 9.97. The first-order chi connectivity index (χ1) is 7.91. The SMILES string of the molecule is Cc1ccc(C(C)NCC(C)C(C)C)c(O)c1. The summed E-state index contributed by atoms with van der Waals surface area (Å²) in [6, 6.07) is 6.05. The van der Waals surface area contributed by atoms with Crippen LogP contribution in [0.1, 0.15) is 44.9 Å². The Balaban J connectivity index is 2.61. The molecule has 1 rings (SSSR count). The summed E-state index contributed by atoms with van der Waals surface area (Å²) in [5.41, 5.74) is 2.07. The molecule has 96 valence electrons. The van der Waals surface area contributed by atoms with E-state index in [2.05, 4.69) is 33.0 Å². The van der Waals surface area contributed by atoms with Gasteiger partial charge in [-0.15, -0.1) is 0 Å². The van der Waals surface area contributed by atoms with Crippen molar-refractivity contribution in [3.8, 4) is 5.75 Å². The monoisotopic (exact) mass is 235 g/mol. The van der Waals surface area contributed by atoms with Gasteiger partial charge in [-0.25, -0.2) is 0 Å². The van der Waals surface area contributed by atoms with Crippen LogP contribution in [0.25, 0.3) is 0 Å². The highest BCUT2D eigenvalue weighted by Crippen LogP contribution is 2.25. The maximum atomic E-state index is 9.90. The summed E-state index contributed by atoms with van der Waals surface area (Å²) in [4.78, 5) is 0. The smallest absolute Gasteiger partial charge is 0.120 e. The van der Waals surface area contributed by atoms with Crippen molar-refractivity contribution in [3.63, 3.8) is 0 Å². The van der Waals surface area contributed by atoms with Crippen LogP contribution in [-0.2, 0) is 0 Å². The van der Waals surface area contributed by atoms with Gasteiger partial charge in [0.1, 0.15) is 5.75 Å². The zero-order valence-electron chi connectivity index (χ0n) is 11.6. The van der Waals surface area contributed by atoms with E-state index in [0.717, 1.165) is 17.7 Å². The van der Waals surface area contributed by atoms with Crippen LogP contribution in [0.4, 0.5) is 0 Å². The highest BCUT2D eigenvalue weighted by Gasteiger charge is 2.12. The van der Waals surface area contributed by atoms with E-state index < -0.39 is 0 Å². The molecule has 0 radical (unpaired) electrons. The minimum atomic E-state index is 0.191. The first-order valence-electron chi connectivity index (χ1n) is 6.44. The summed E-state index contributed by atoms with van der Waals surface area (Å²) >= 11 is 0. The van der Waals surface area contributed by atoms with Crippen LogP contribution < -0.4 is 5.32 Å². The maximum absolute atomic E-state index is 9.90. The van der Waals surface area contributed by atoms with Gasteiger partial charge in [0.05, 0.1) is 0 Å². The molecule has 1 aromatic carbocycles. The number of aryl methyl sites for hydroxylation is 1. The number of aromatic hydroxyl groups is 1. The number of hydrogen-bond donors (Lipinski definition) is 2. The van der Waals surface area contributed by atoms with Gasteiger partial charge in [0, 0.05) is 11.6 Å². The van der Waals surface area contributed by atoms with Crippen molar-refractivity contribution in [2.24, 2.45) is 11.8 Å². The van der Waals surface area contributed by atoms with Crippen LogP contribution >= 0.6 is 0 Å². The second-order valence-corrected chi connectivity index (χ2v) is 5.41. The summed E-state index contributed by atoms with van der Waals surface area (Å²) in [5.74, 6) is 1.72. The van der Waals surface area contributed by atoms with Gasteiger partial charge in [-0.05, 0) is 43.9 Å². The summed E-state index contributed by atoms with van der Waals surface area (Å²) < 4.78 is 0. The molecule has 2 N–H and O–H groups in total. The lowest BCUT2D eigenvalue weighted by molar-refractivity contribution is 0.371. The number of benzene rings is 1. The molecule has 2 nitrogen and oxygen atoms in total. The van der Waals surface area contributed by atoms with Gasteiger partial charge in [-0.2, -0.15) is 0 Å². The summed E-state index contributed by atoms with van der Waals surface area (Å²) in [5, 5.41) is 13.4. The van der Waals surface area contributed by atoms with Crippen LogP contribution in [0.15, 0.2) is 18.2 Å². The highest BCUT2D eigenvalue weighted by atomic mass is 16.3. The van der Waals surface area contributed by atoms with Gasteiger partial charge in [-0.1, -0.05) is 32.9 Å². The van der Waals surface area contributed by atoms with Crippen LogP contribution in [0, 0.1) is 18.8 Å². The van der Waals surface area contributed by atoms with Crippen molar-refractivity contribution in [1.82, 2.24) is 5.32 Å². The molecule has 0 aliphatic carbocycles. The van der Waals surface area contributed by atoms with Crippen molar-refractivity contribution in [3.05, 3.63) is 29.3 Å². The highest BCUT2D eigenvalue weighted by molar-refractivity contribution is 5.37. The first-order valence-corrected chi connectivity index (χ1v) is 6.44. The van der Waals surface area contributed by atoms with Gasteiger partial charge < -0.3 is 10.4 Å². The van der Waals surface area contributed by atoms with Crippen LogP contribution in [-0.4, -0.2) is 11.7 Å². The van der Waals surface area contributed by atoms with Crippen molar-refractivity contribution in [2.45, 2.75) is 40.7 Å². The normalized spacial score (nSPS) is 14.9. The average Bonchev–Trinajstić information content (AvgIpc) is 2.25. The van der Waals surface area contributed by atoms with E-state index in [1.165, 1.54) is 0 Å². The van der Waals surface area contributed by atoms with Gasteiger partial charge in [0.25, 0.3) is 0 Å². The molecular formula is C15H25NO. The second-order valence-electron chi connectivity index (χ2n) is 5.41. The summed E-state index contributed by atoms with van der Waals surface area (Å²) in [6.45, 7) is 11.8. The van der Waals surface area contributed by atoms with E-state index in [1.54, 1.807) is 0 Å². The Morgan fingerprint density at radius 3 is 2.35 bits per heavy atom. The molecule has 0 fully saturated rings. The summed E-state index contributed by atoms with van der Waals surface area (Å²) in [6.07, 6.45) is 0. The van der Waals surface area contributed by atoms with E-state index in [4.69, 9.17) is 0 Å². The van der Waals surface area contributed by atoms with Crippen molar-refractivity contribution >= 4 is 0 Å². The number of phenolic OH excluding ortho intramolecular Hbond substituents is 1. The third kappa shape index (κ3) is 4.04. The Kier molecular flexibility index (Phi) is 5.01. The predicted octanol–water partition coefficient (Wildman–Crippen LogP) is 3.64. The van der Waals surface area contributed by atoms with E-state index in [-0.39, 0.29) is 6.04 Å². The fourth-order valence-corrected chi connectivity index (χ4v) is 1.73. The lowest BCUT2D eigenvalue weighted by Gasteiger charge is -2.21. The van der Waals surface area contributed by atoms with Crippen molar-refractivity contribution < 1.29 is 5.11 Å². The largest absolute Gasteiger partial charge is 0.508 e. The molecule has 0 aromatic heterocycles.